The molecule has 2 aromatic carbocycles. The summed E-state index contributed by atoms with van der Waals surface area (Å²) < 4.78 is 24.4. The van der Waals surface area contributed by atoms with Gasteiger partial charge in [0.1, 0.15) is 23.4 Å². The second-order valence-corrected chi connectivity index (χ2v) is 8.01. The molecule has 5 aromatic rings. The molecule has 34 heavy (non-hydrogen) atoms. The van der Waals surface area contributed by atoms with E-state index in [1.165, 1.54) is 12.1 Å². The fraction of sp³-hybridized carbons (Fsp3) is 0.208. The number of nitrogens with zero attached hydrogens (tertiary/aromatic N) is 7. The molecule has 1 aliphatic rings. The molecule has 0 fully saturated rings. The van der Waals surface area contributed by atoms with Crippen LogP contribution in [0, 0.1) is 12.4 Å². The van der Waals surface area contributed by atoms with Gasteiger partial charge in [-0.15, -0.1) is 0 Å². The van der Waals surface area contributed by atoms with Crippen LogP contribution in [0.2, 0.25) is 0 Å². The minimum absolute atomic E-state index is 0.211. The molecule has 6 rings (SSSR count). The molecule has 0 amide bonds. The summed E-state index contributed by atoms with van der Waals surface area (Å²) in [6, 6.07) is 9.24. The van der Waals surface area contributed by atoms with E-state index in [0.717, 1.165) is 5.56 Å². The van der Waals surface area contributed by atoms with E-state index in [4.69, 9.17) is 16.3 Å². The third kappa shape index (κ3) is 2.90. The average Bonchev–Trinajstić information content (AvgIpc) is 3.40. The fourth-order valence-corrected chi connectivity index (χ4v) is 4.59. The summed E-state index contributed by atoms with van der Waals surface area (Å²) in [4.78, 5) is 30.7. The summed E-state index contributed by atoms with van der Waals surface area (Å²) in [5.41, 5.74) is 3.50. The van der Waals surface area contributed by atoms with Crippen molar-refractivity contribution in [1.29, 1.82) is 0 Å². The van der Waals surface area contributed by atoms with Crippen LogP contribution in [-0.4, -0.2) is 35.3 Å². The lowest BCUT2D eigenvalue weighted by Gasteiger charge is -2.26. The molecular formula is C24H18FN7O2. The quantitative estimate of drug-likeness (QED) is 0.384. The van der Waals surface area contributed by atoms with Gasteiger partial charge in [0, 0.05) is 24.6 Å². The Kier molecular flexibility index (Phi) is 4.45. The van der Waals surface area contributed by atoms with Gasteiger partial charge in [0.05, 0.1) is 36.5 Å². The third-order valence-corrected chi connectivity index (χ3v) is 6.18. The molecule has 0 radical (unpaired) electrons. The molecule has 1 aliphatic heterocycles. The van der Waals surface area contributed by atoms with Crippen LogP contribution in [0.3, 0.4) is 0 Å². The molecule has 9 nitrogen and oxygen atoms in total. The predicted octanol–water partition coefficient (Wildman–Crippen LogP) is 4.01. The van der Waals surface area contributed by atoms with Crippen molar-refractivity contribution in [3.63, 3.8) is 0 Å². The van der Waals surface area contributed by atoms with Crippen molar-refractivity contribution in [2.75, 3.05) is 6.61 Å². The highest BCUT2D eigenvalue weighted by Gasteiger charge is 2.29. The number of hydrogen-bond donors (Lipinski definition) is 0. The van der Waals surface area contributed by atoms with Gasteiger partial charge >= 0.3 is 5.69 Å². The normalized spacial score (nSPS) is 15.3. The van der Waals surface area contributed by atoms with Crippen LogP contribution in [0.4, 0.5) is 10.1 Å². The molecule has 168 valence electrons. The first-order valence-electron chi connectivity index (χ1n) is 10.8. The van der Waals surface area contributed by atoms with Crippen LogP contribution in [0.1, 0.15) is 24.9 Å². The second kappa shape index (κ2) is 7.52. The monoisotopic (exact) mass is 455 g/mol. The van der Waals surface area contributed by atoms with Crippen LogP contribution < -0.4 is 10.4 Å². The Balaban J connectivity index is 1.59. The van der Waals surface area contributed by atoms with Gasteiger partial charge in [-0.2, -0.15) is 4.98 Å². The first kappa shape index (κ1) is 20.1. The van der Waals surface area contributed by atoms with E-state index in [1.54, 1.807) is 50.5 Å². The number of ether oxygens (including phenoxy) is 1. The number of fused-ring (bicyclic) bond motifs is 3. The number of aryl methyl sites for hydroxylation is 1. The molecule has 0 N–H and O–H groups in total. The van der Waals surface area contributed by atoms with Gasteiger partial charge in [-0.25, -0.2) is 24.0 Å². The van der Waals surface area contributed by atoms with E-state index >= 15 is 0 Å². The number of hydrogen-bond acceptors (Lipinski definition) is 5. The fourth-order valence-electron chi connectivity index (χ4n) is 4.59. The van der Waals surface area contributed by atoms with Crippen LogP contribution in [0.5, 0.6) is 5.75 Å². The van der Waals surface area contributed by atoms with Gasteiger partial charge in [0.2, 0.25) is 5.95 Å². The largest absolute Gasteiger partial charge is 0.493 e. The number of aromatic nitrogens is 6. The number of halogens is 1. The molecular weight excluding hydrogens is 437 g/mol. The lowest BCUT2D eigenvalue weighted by molar-refractivity contribution is 0.254. The zero-order chi connectivity index (χ0) is 23.4. The highest BCUT2D eigenvalue weighted by molar-refractivity contribution is 5.81. The minimum atomic E-state index is -0.391. The Morgan fingerprint density at radius 3 is 2.91 bits per heavy atom. The first-order valence-corrected chi connectivity index (χ1v) is 10.8. The lowest BCUT2D eigenvalue weighted by Crippen LogP contribution is -2.31. The summed E-state index contributed by atoms with van der Waals surface area (Å²) in [5.74, 6) is 0.380. The van der Waals surface area contributed by atoms with Crippen LogP contribution in [0.15, 0.2) is 53.7 Å². The molecule has 0 unspecified atom stereocenters. The van der Waals surface area contributed by atoms with Crippen molar-refractivity contribution >= 4 is 27.9 Å². The second-order valence-electron chi connectivity index (χ2n) is 8.01. The standard InChI is InChI=1S/C24H18FN7O2/c1-3-30-20-12-27-23(31-13-28-17-7-5-15(26-2)11-19(17)31)29-22(20)32(24(30)33)18-8-9-34-21-10-14(25)4-6-16(18)21/h4-7,10-13,18H,3,8-9H2,1H3/t18-/m1/s1. The van der Waals surface area contributed by atoms with E-state index in [0.29, 0.717) is 59.2 Å². The van der Waals surface area contributed by atoms with Crippen molar-refractivity contribution in [2.24, 2.45) is 0 Å². The minimum Gasteiger partial charge on any atom is -0.493 e. The van der Waals surface area contributed by atoms with Crippen molar-refractivity contribution in [2.45, 2.75) is 25.9 Å². The SMILES string of the molecule is [C-]#[N+]c1ccc2ncn(-c3ncc4c(n3)n([C@@H]3CCOc5cc(F)ccc53)c(=O)n4CC)c2c1. The maximum atomic E-state index is 13.8. The summed E-state index contributed by atoms with van der Waals surface area (Å²) in [6.07, 6.45) is 3.78. The van der Waals surface area contributed by atoms with Crippen molar-refractivity contribution in [3.05, 3.63) is 82.2 Å². The summed E-state index contributed by atoms with van der Waals surface area (Å²) >= 11 is 0. The van der Waals surface area contributed by atoms with Gasteiger partial charge in [-0.3, -0.25) is 13.7 Å². The highest BCUT2D eigenvalue weighted by atomic mass is 19.1. The lowest BCUT2D eigenvalue weighted by atomic mass is 10.0. The third-order valence-electron chi connectivity index (χ3n) is 6.18. The van der Waals surface area contributed by atoms with Crippen molar-refractivity contribution < 1.29 is 9.13 Å². The average molecular weight is 455 g/mol. The predicted molar refractivity (Wildman–Crippen MR) is 123 cm³/mol. The van der Waals surface area contributed by atoms with E-state index < -0.39 is 5.82 Å². The van der Waals surface area contributed by atoms with Crippen LogP contribution in [-0.2, 0) is 6.54 Å². The maximum absolute atomic E-state index is 13.8. The van der Waals surface area contributed by atoms with Crippen LogP contribution in [0.25, 0.3) is 33.0 Å². The summed E-state index contributed by atoms with van der Waals surface area (Å²) in [5, 5.41) is 0. The van der Waals surface area contributed by atoms with Gasteiger partial charge < -0.3 is 4.74 Å². The molecule has 0 bridgehead atoms. The highest BCUT2D eigenvalue weighted by Crippen LogP contribution is 2.36. The Hall–Kier alpha value is -4.52. The van der Waals surface area contributed by atoms with Crippen molar-refractivity contribution in [3.8, 4) is 11.7 Å². The van der Waals surface area contributed by atoms with E-state index in [-0.39, 0.29) is 11.7 Å². The first-order chi connectivity index (χ1) is 16.6. The summed E-state index contributed by atoms with van der Waals surface area (Å²) in [7, 11) is 0. The molecule has 0 saturated carbocycles. The Morgan fingerprint density at radius 2 is 2.09 bits per heavy atom. The number of imidazole rings is 2. The molecule has 1 atom stereocenters. The van der Waals surface area contributed by atoms with Gasteiger partial charge in [0.25, 0.3) is 0 Å². The molecule has 3 aromatic heterocycles. The zero-order valence-corrected chi connectivity index (χ0v) is 18.1. The topological polar surface area (TPSA) is 84.1 Å². The van der Waals surface area contributed by atoms with Crippen LogP contribution >= 0.6 is 0 Å². The number of benzene rings is 2. The Morgan fingerprint density at radius 1 is 1.21 bits per heavy atom. The van der Waals surface area contributed by atoms with Gasteiger partial charge in [0.15, 0.2) is 11.3 Å². The van der Waals surface area contributed by atoms with Gasteiger partial charge in [-0.1, -0.05) is 12.1 Å². The number of rotatable bonds is 3. The van der Waals surface area contributed by atoms with E-state index in [1.807, 2.05) is 6.92 Å². The molecule has 4 heterocycles. The van der Waals surface area contributed by atoms with E-state index in [9.17, 15) is 9.18 Å². The smallest absolute Gasteiger partial charge is 0.330 e. The molecule has 0 aliphatic carbocycles. The summed E-state index contributed by atoms with van der Waals surface area (Å²) in [6.45, 7) is 10.0. The zero-order valence-electron chi connectivity index (χ0n) is 18.1. The van der Waals surface area contributed by atoms with Crippen molar-refractivity contribution in [1.82, 2.24) is 28.7 Å². The molecule has 0 saturated heterocycles. The maximum Gasteiger partial charge on any atom is 0.330 e. The van der Waals surface area contributed by atoms with E-state index in [2.05, 4.69) is 14.8 Å². The van der Waals surface area contributed by atoms with Gasteiger partial charge in [-0.05, 0) is 25.1 Å². The Bertz CT molecular complexity index is 1690. The Labute approximate surface area is 192 Å². The molecule has 0 spiro atoms. The molecule has 10 heteroatoms.